The highest BCUT2D eigenvalue weighted by atomic mass is 19.1. The highest BCUT2D eigenvalue weighted by Crippen LogP contribution is 2.11. The normalized spacial score (nSPS) is 11.5. The van der Waals surface area contributed by atoms with Crippen LogP contribution in [0.2, 0.25) is 0 Å². The number of hydrogen-bond acceptors (Lipinski definition) is 3. The summed E-state index contributed by atoms with van der Waals surface area (Å²) in [5.74, 6) is 0.324. The van der Waals surface area contributed by atoms with Gasteiger partial charge in [0.2, 0.25) is 0 Å². The van der Waals surface area contributed by atoms with Gasteiger partial charge in [0.05, 0.1) is 13.2 Å². The molecule has 0 aliphatic heterocycles. The molecule has 0 heterocycles. The first-order chi connectivity index (χ1) is 10.7. The Bertz CT molecular complexity index is 467. The quantitative estimate of drug-likeness (QED) is 0.370. The largest absolute Gasteiger partial charge is 0.392 e. The second-order valence-electron chi connectivity index (χ2n) is 4.76. The third-order valence-electron chi connectivity index (χ3n) is 3.01. The van der Waals surface area contributed by atoms with Gasteiger partial charge in [-0.15, -0.1) is 0 Å². The van der Waals surface area contributed by atoms with Crippen molar-refractivity contribution in [1.29, 1.82) is 0 Å². The molecule has 0 radical (unpaired) electrons. The molecule has 0 aromatic heterocycles. The van der Waals surface area contributed by atoms with Crippen molar-refractivity contribution in [3.63, 3.8) is 0 Å². The Balaban J connectivity index is 2.53. The number of nitrogens with zero attached hydrogens (tertiary/aromatic N) is 1. The van der Waals surface area contributed by atoms with Crippen LogP contribution in [0.15, 0.2) is 23.2 Å². The summed E-state index contributed by atoms with van der Waals surface area (Å²) in [5, 5.41) is 15.5. The van der Waals surface area contributed by atoms with Crippen LogP contribution in [0.5, 0.6) is 0 Å². The number of hydrogen-bond donors (Lipinski definition) is 3. The molecule has 1 aromatic rings. The molecule has 0 atom stereocenters. The lowest BCUT2D eigenvalue weighted by Gasteiger charge is -2.11. The number of nitrogens with one attached hydrogen (secondary N) is 2. The smallest absolute Gasteiger partial charge is 0.191 e. The van der Waals surface area contributed by atoms with E-state index in [9.17, 15) is 4.39 Å². The lowest BCUT2D eigenvalue weighted by Crippen LogP contribution is -2.38. The van der Waals surface area contributed by atoms with Crippen molar-refractivity contribution >= 4 is 5.96 Å². The minimum Gasteiger partial charge on any atom is -0.392 e. The first-order valence-corrected chi connectivity index (χ1v) is 7.69. The molecule has 0 aliphatic rings. The molecular weight excluding hydrogens is 285 g/mol. The van der Waals surface area contributed by atoms with Crippen LogP contribution in [0.1, 0.15) is 31.4 Å². The molecule has 0 saturated heterocycles. The zero-order chi connectivity index (χ0) is 16.2. The Morgan fingerprint density at radius 3 is 2.82 bits per heavy atom. The van der Waals surface area contributed by atoms with Crippen molar-refractivity contribution in [3.8, 4) is 0 Å². The molecule has 1 aromatic carbocycles. The van der Waals surface area contributed by atoms with Gasteiger partial charge in [0.1, 0.15) is 5.82 Å². The van der Waals surface area contributed by atoms with Crippen LogP contribution < -0.4 is 10.6 Å². The van der Waals surface area contributed by atoms with Gasteiger partial charge in [-0.25, -0.2) is 9.38 Å². The van der Waals surface area contributed by atoms with Crippen LogP contribution in [0.25, 0.3) is 0 Å². The number of aliphatic imine (C=N–C) groups is 1. The zero-order valence-electron chi connectivity index (χ0n) is 13.4. The van der Waals surface area contributed by atoms with Gasteiger partial charge in [-0.1, -0.05) is 6.07 Å². The fourth-order valence-electron chi connectivity index (χ4n) is 1.89. The van der Waals surface area contributed by atoms with Gasteiger partial charge in [-0.2, -0.15) is 0 Å². The number of halogens is 1. The summed E-state index contributed by atoms with van der Waals surface area (Å²) < 4.78 is 18.6. The number of benzene rings is 1. The molecular formula is C16H26FN3O2. The van der Waals surface area contributed by atoms with Crippen molar-refractivity contribution in [2.75, 3.05) is 26.3 Å². The molecule has 0 fully saturated rings. The monoisotopic (exact) mass is 311 g/mol. The lowest BCUT2D eigenvalue weighted by atomic mass is 10.1. The maximum Gasteiger partial charge on any atom is 0.191 e. The molecule has 0 spiro atoms. The summed E-state index contributed by atoms with van der Waals surface area (Å²) >= 11 is 0. The molecule has 5 nitrogen and oxygen atoms in total. The van der Waals surface area contributed by atoms with Gasteiger partial charge >= 0.3 is 0 Å². The van der Waals surface area contributed by atoms with E-state index in [-0.39, 0.29) is 6.61 Å². The minimum absolute atomic E-state index is 0.294. The van der Waals surface area contributed by atoms with Gasteiger partial charge in [0, 0.05) is 31.9 Å². The average Bonchev–Trinajstić information content (AvgIpc) is 2.53. The molecule has 0 aliphatic carbocycles. The van der Waals surface area contributed by atoms with E-state index in [0.29, 0.717) is 18.1 Å². The predicted molar refractivity (Wildman–Crippen MR) is 86.3 cm³/mol. The third kappa shape index (κ3) is 6.87. The Morgan fingerprint density at radius 2 is 2.14 bits per heavy atom. The van der Waals surface area contributed by atoms with Crippen LogP contribution in [-0.2, 0) is 17.9 Å². The number of rotatable bonds is 9. The summed E-state index contributed by atoms with van der Waals surface area (Å²) in [6, 6.07) is 4.67. The fraction of sp³-hybridized carbons (Fsp3) is 0.562. The van der Waals surface area contributed by atoms with Crippen LogP contribution in [0.3, 0.4) is 0 Å². The van der Waals surface area contributed by atoms with E-state index >= 15 is 0 Å². The standard InChI is InChI=1S/C16H26FN3O2/c1-3-18-16(19-8-5-9-22-4-2)20-11-13-6-7-15(17)14(10-13)12-21/h6-7,10,21H,3-5,8-9,11-12H2,1-2H3,(H2,18,19,20). The third-order valence-corrected chi connectivity index (χ3v) is 3.01. The second-order valence-corrected chi connectivity index (χ2v) is 4.76. The molecule has 124 valence electrons. The molecule has 3 N–H and O–H groups in total. The average molecular weight is 311 g/mol. The van der Waals surface area contributed by atoms with E-state index in [4.69, 9.17) is 9.84 Å². The second kappa shape index (κ2) is 11.0. The van der Waals surface area contributed by atoms with Crippen LogP contribution in [0, 0.1) is 5.82 Å². The highest BCUT2D eigenvalue weighted by Gasteiger charge is 2.03. The first-order valence-electron chi connectivity index (χ1n) is 7.69. The number of aliphatic hydroxyl groups is 1. The van der Waals surface area contributed by atoms with Gasteiger partial charge in [0.25, 0.3) is 0 Å². The lowest BCUT2D eigenvalue weighted by molar-refractivity contribution is 0.145. The Hall–Kier alpha value is -1.66. The van der Waals surface area contributed by atoms with Crippen molar-refractivity contribution < 1.29 is 14.2 Å². The summed E-state index contributed by atoms with van der Waals surface area (Å²) in [4.78, 5) is 4.46. The van der Waals surface area contributed by atoms with Gasteiger partial charge in [-0.05, 0) is 38.0 Å². The number of aliphatic hydroxyl groups excluding tert-OH is 1. The highest BCUT2D eigenvalue weighted by molar-refractivity contribution is 5.79. The van der Waals surface area contributed by atoms with Crippen molar-refractivity contribution in [1.82, 2.24) is 10.6 Å². The summed E-state index contributed by atoms with van der Waals surface area (Å²) in [5.41, 5.74) is 1.15. The number of ether oxygens (including phenoxy) is 1. The van der Waals surface area contributed by atoms with E-state index < -0.39 is 5.82 Å². The Kier molecular flexibility index (Phi) is 9.18. The Morgan fingerprint density at radius 1 is 1.32 bits per heavy atom. The van der Waals surface area contributed by atoms with E-state index in [0.717, 1.165) is 38.3 Å². The van der Waals surface area contributed by atoms with E-state index in [1.807, 2.05) is 13.8 Å². The van der Waals surface area contributed by atoms with Crippen molar-refractivity contribution in [2.45, 2.75) is 33.4 Å². The van der Waals surface area contributed by atoms with Crippen molar-refractivity contribution in [2.24, 2.45) is 4.99 Å². The van der Waals surface area contributed by atoms with Gasteiger partial charge in [-0.3, -0.25) is 0 Å². The summed E-state index contributed by atoms with van der Waals surface area (Å²) in [6.45, 7) is 7.08. The van der Waals surface area contributed by atoms with Gasteiger partial charge < -0.3 is 20.5 Å². The number of guanidine groups is 1. The van der Waals surface area contributed by atoms with Gasteiger partial charge in [0.15, 0.2) is 5.96 Å². The summed E-state index contributed by atoms with van der Waals surface area (Å²) in [6.07, 6.45) is 0.906. The molecule has 6 heteroatoms. The summed E-state index contributed by atoms with van der Waals surface area (Å²) in [7, 11) is 0. The molecule has 0 unspecified atom stereocenters. The minimum atomic E-state index is -0.392. The SMILES string of the molecule is CCNC(=NCc1ccc(F)c(CO)c1)NCCCOCC. The Labute approximate surface area is 131 Å². The van der Waals surface area contributed by atoms with E-state index in [2.05, 4.69) is 15.6 Å². The topological polar surface area (TPSA) is 65.9 Å². The first kappa shape index (κ1) is 18.4. The predicted octanol–water partition coefficient (Wildman–Crippen LogP) is 1.80. The zero-order valence-corrected chi connectivity index (χ0v) is 13.4. The molecule has 0 saturated carbocycles. The molecule has 22 heavy (non-hydrogen) atoms. The molecule has 0 amide bonds. The van der Waals surface area contributed by atoms with Crippen molar-refractivity contribution in [3.05, 3.63) is 35.1 Å². The van der Waals surface area contributed by atoms with Crippen LogP contribution in [0.4, 0.5) is 4.39 Å². The molecule has 1 rings (SSSR count). The van der Waals surface area contributed by atoms with E-state index in [1.165, 1.54) is 6.07 Å². The maximum absolute atomic E-state index is 13.3. The van der Waals surface area contributed by atoms with E-state index in [1.54, 1.807) is 12.1 Å². The maximum atomic E-state index is 13.3. The molecule has 0 bridgehead atoms. The fourth-order valence-corrected chi connectivity index (χ4v) is 1.89. The van der Waals surface area contributed by atoms with Crippen LogP contribution >= 0.6 is 0 Å². The van der Waals surface area contributed by atoms with Crippen LogP contribution in [-0.4, -0.2) is 37.4 Å².